The van der Waals surface area contributed by atoms with E-state index in [0.717, 1.165) is 0 Å². The molecule has 0 fully saturated rings. The van der Waals surface area contributed by atoms with Gasteiger partial charge in [0.15, 0.2) is 0 Å². The average molecular weight is 212 g/mol. The molecule has 0 amide bonds. The summed E-state index contributed by atoms with van der Waals surface area (Å²) in [5.41, 5.74) is 6.49. The molecular formula is C11H14FNO2. The Kier molecular flexibility index (Phi) is 3.29. The van der Waals surface area contributed by atoms with Crippen LogP contribution in [0.25, 0.3) is 0 Å². The van der Waals surface area contributed by atoms with Gasteiger partial charge in [-0.3, -0.25) is 4.79 Å². The van der Waals surface area contributed by atoms with E-state index in [-0.39, 0.29) is 13.3 Å². The average Bonchev–Trinajstić information content (AvgIpc) is 2.28. The van der Waals surface area contributed by atoms with Crippen LogP contribution in [0.5, 0.6) is 0 Å². The van der Waals surface area contributed by atoms with Crippen LogP contribution < -0.4 is 5.73 Å². The lowest BCUT2D eigenvalue weighted by Gasteiger charge is -2.09. The summed E-state index contributed by atoms with van der Waals surface area (Å²) >= 11 is 0. The number of aryl methyl sites for hydroxylation is 1. The van der Waals surface area contributed by atoms with E-state index in [1.165, 1.54) is 19.2 Å². The minimum Gasteiger partial charge on any atom is -0.468 e. The molecule has 15 heavy (non-hydrogen) atoms. The highest BCUT2D eigenvalue weighted by Crippen LogP contribution is 2.10. The third-order valence-electron chi connectivity index (χ3n) is 2.08. The summed E-state index contributed by atoms with van der Waals surface area (Å²) in [6.07, 6.45) is 0.224. The van der Waals surface area contributed by atoms with E-state index in [0.29, 0.717) is 11.1 Å². The summed E-state index contributed by atoms with van der Waals surface area (Å²) in [6.45, 7) is -0.102. The standard InChI is InChI=1S/C11H14FNO2/c1-7-3-4-8(5-9(7)12)6-10(13)11(14)15-2/h3-5,10H,6,13H2,1-2H3/t10-/m0/s1/i1D. The van der Waals surface area contributed by atoms with E-state index in [1.54, 1.807) is 6.07 Å². The number of esters is 1. The molecule has 0 aliphatic carbocycles. The molecule has 0 bridgehead atoms. The van der Waals surface area contributed by atoms with Crippen LogP contribution in [-0.2, 0) is 16.0 Å². The lowest BCUT2D eigenvalue weighted by Crippen LogP contribution is -2.33. The molecule has 0 heterocycles. The molecule has 3 nitrogen and oxygen atoms in total. The zero-order valence-corrected chi connectivity index (χ0v) is 8.50. The van der Waals surface area contributed by atoms with E-state index in [4.69, 9.17) is 7.10 Å². The largest absolute Gasteiger partial charge is 0.468 e. The molecule has 1 atom stereocenters. The molecule has 0 saturated carbocycles. The molecular weight excluding hydrogens is 197 g/mol. The second-order valence-electron chi connectivity index (χ2n) is 3.26. The number of methoxy groups -OCH3 is 1. The Morgan fingerprint density at radius 2 is 2.47 bits per heavy atom. The Bertz CT molecular complexity index is 384. The van der Waals surface area contributed by atoms with Gasteiger partial charge >= 0.3 is 5.97 Å². The van der Waals surface area contributed by atoms with E-state index in [9.17, 15) is 9.18 Å². The third kappa shape index (κ3) is 3.02. The second-order valence-corrected chi connectivity index (χ2v) is 3.26. The fourth-order valence-electron chi connectivity index (χ4n) is 1.21. The molecule has 0 aliphatic heterocycles. The van der Waals surface area contributed by atoms with Crippen molar-refractivity contribution in [2.24, 2.45) is 5.73 Å². The van der Waals surface area contributed by atoms with Gasteiger partial charge in [-0.25, -0.2) is 4.39 Å². The maximum Gasteiger partial charge on any atom is 0.322 e. The first-order valence-electron chi connectivity index (χ1n) is 5.19. The Balaban J connectivity index is 2.75. The van der Waals surface area contributed by atoms with E-state index >= 15 is 0 Å². The highest BCUT2D eigenvalue weighted by molar-refractivity contribution is 5.75. The molecule has 1 aromatic rings. The summed E-state index contributed by atoms with van der Waals surface area (Å²) in [7, 11) is 1.26. The lowest BCUT2D eigenvalue weighted by atomic mass is 10.0. The van der Waals surface area contributed by atoms with Crippen molar-refractivity contribution in [1.29, 1.82) is 0 Å². The molecule has 0 radical (unpaired) electrons. The zero-order valence-electron chi connectivity index (χ0n) is 9.50. The maximum atomic E-state index is 13.3. The number of ether oxygens (including phenoxy) is 1. The first-order valence-corrected chi connectivity index (χ1v) is 4.48. The summed E-state index contributed by atoms with van der Waals surface area (Å²) in [5, 5.41) is 0. The molecule has 82 valence electrons. The number of carbonyl (C=O) groups excluding carboxylic acids is 1. The van der Waals surface area contributed by atoms with Crippen LogP contribution in [0.3, 0.4) is 0 Å². The second kappa shape index (κ2) is 4.89. The van der Waals surface area contributed by atoms with Gasteiger partial charge in [0.1, 0.15) is 11.9 Å². The molecule has 4 heteroatoms. The van der Waals surface area contributed by atoms with Crippen LogP contribution >= 0.6 is 0 Å². The Hall–Kier alpha value is -1.42. The van der Waals surface area contributed by atoms with Gasteiger partial charge in [0.05, 0.1) is 7.11 Å². The van der Waals surface area contributed by atoms with Gasteiger partial charge in [0.2, 0.25) is 0 Å². The minimum atomic E-state index is -0.786. The SMILES string of the molecule is [2H]Cc1ccc(C[C@H](N)C(=O)OC)cc1F. The van der Waals surface area contributed by atoms with Gasteiger partial charge in [-0.1, -0.05) is 12.1 Å². The third-order valence-corrected chi connectivity index (χ3v) is 2.08. The van der Waals surface area contributed by atoms with Crippen LogP contribution in [0, 0.1) is 12.7 Å². The first kappa shape index (κ1) is 10.1. The molecule has 0 aliphatic rings. The summed E-state index contributed by atoms with van der Waals surface area (Å²) in [5.74, 6) is -0.963. The summed E-state index contributed by atoms with van der Waals surface area (Å²) in [4.78, 5) is 11.1. The predicted molar refractivity (Wildman–Crippen MR) is 54.8 cm³/mol. The van der Waals surface area contributed by atoms with Crippen LogP contribution in [0.1, 0.15) is 12.5 Å². The van der Waals surface area contributed by atoms with Crippen LogP contribution in [0.15, 0.2) is 18.2 Å². The quantitative estimate of drug-likeness (QED) is 0.765. The van der Waals surface area contributed by atoms with Crippen molar-refractivity contribution < 1.29 is 15.3 Å². The molecule has 0 saturated heterocycles. The van der Waals surface area contributed by atoms with Crippen molar-refractivity contribution >= 4 is 5.97 Å². The molecule has 0 aromatic heterocycles. The lowest BCUT2D eigenvalue weighted by molar-refractivity contribution is -0.142. The minimum absolute atomic E-state index is 0.102. The van der Waals surface area contributed by atoms with Crippen molar-refractivity contribution in [1.82, 2.24) is 0 Å². The first-order chi connectivity index (χ1) is 7.58. The zero-order chi connectivity index (χ0) is 12.1. The van der Waals surface area contributed by atoms with Crippen LogP contribution in [-0.4, -0.2) is 19.1 Å². The van der Waals surface area contributed by atoms with Crippen molar-refractivity contribution in [2.75, 3.05) is 7.11 Å². The normalized spacial score (nSPS) is 13.1. The van der Waals surface area contributed by atoms with Gasteiger partial charge in [-0.2, -0.15) is 0 Å². The Labute approximate surface area is 89.4 Å². The molecule has 0 unspecified atom stereocenters. The fraction of sp³-hybridized carbons (Fsp3) is 0.364. The van der Waals surface area contributed by atoms with Crippen molar-refractivity contribution in [2.45, 2.75) is 19.4 Å². The van der Waals surface area contributed by atoms with Gasteiger partial charge in [-0.05, 0) is 30.5 Å². The van der Waals surface area contributed by atoms with Crippen LogP contribution in [0.4, 0.5) is 4.39 Å². The Morgan fingerprint density at radius 3 is 3.00 bits per heavy atom. The number of hydrogen-bond acceptors (Lipinski definition) is 3. The smallest absolute Gasteiger partial charge is 0.322 e. The molecule has 2 N–H and O–H groups in total. The topological polar surface area (TPSA) is 52.3 Å². The van der Waals surface area contributed by atoms with Crippen molar-refractivity contribution in [3.05, 3.63) is 35.1 Å². The predicted octanol–water partition coefficient (Wildman–Crippen LogP) is 1.18. The summed E-state index contributed by atoms with van der Waals surface area (Å²) in [6, 6.07) is 3.70. The van der Waals surface area contributed by atoms with E-state index in [1.807, 2.05) is 0 Å². The van der Waals surface area contributed by atoms with Gasteiger partial charge in [-0.15, -0.1) is 0 Å². The maximum absolute atomic E-state index is 13.3. The van der Waals surface area contributed by atoms with Crippen molar-refractivity contribution in [3.8, 4) is 0 Å². The number of hydrogen-bond donors (Lipinski definition) is 1. The van der Waals surface area contributed by atoms with E-state index in [2.05, 4.69) is 4.74 Å². The van der Waals surface area contributed by atoms with Crippen LogP contribution in [0.2, 0.25) is 0 Å². The monoisotopic (exact) mass is 212 g/mol. The molecule has 0 spiro atoms. The number of rotatable bonds is 3. The fourth-order valence-corrected chi connectivity index (χ4v) is 1.21. The molecule has 1 aromatic carbocycles. The number of carbonyl (C=O) groups is 1. The molecule has 1 rings (SSSR count). The highest BCUT2D eigenvalue weighted by atomic mass is 19.1. The van der Waals surface area contributed by atoms with E-state index < -0.39 is 17.8 Å². The van der Waals surface area contributed by atoms with Crippen molar-refractivity contribution in [3.63, 3.8) is 0 Å². The van der Waals surface area contributed by atoms with Gasteiger partial charge in [0, 0.05) is 1.37 Å². The Morgan fingerprint density at radius 1 is 1.73 bits per heavy atom. The number of halogens is 1. The van der Waals surface area contributed by atoms with Gasteiger partial charge < -0.3 is 10.5 Å². The summed E-state index contributed by atoms with van der Waals surface area (Å²) < 4.78 is 24.8. The highest BCUT2D eigenvalue weighted by Gasteiger charge is 2.14. The number of nitrogens with two attached hydrogens (primary N) is 1. The number of benzene rings is 1. The van der Waals surface area contributed by atoms with Gasteiger partial charge in [0.25, 0.3) is 0 Å².